The minimum absolute atomic E-state index is 0.0484. The number of carbonyl (C=O) groups excluding carboxylic acids is 1. The highest BCUT2D eigenvalue weighted by Crippen LogP contribution is 2.31. The van der Waals surface area contributed by atoms with E-state index < -0.39 is 25.8 Å². The average molecular weight is 526 g/mol. The molecule has 11 heteroatoms. The first kappa shape index (κ1) is 23.1. The highest BCUT2D eigenvalue weighted by molar-refractivity contribution is 7.92. The maximum absolute atomic E-state index is 13.4. The first-order valence-corrected chi connectivity index (χ1v) is 14.5. The monoisotopic (exact) mass is 525 g/mol. The number of hydrogen-bond donors (Lipinski definition) is 2. The van der Waals surface area contributed by atoms with Gasteiger partial charge in [0, 0.05) is 15.8 Å². The number of carbonyl (C=O) groups is 1. The Balaban J connectivity index is 1.68. The lowest BCUT2D eigenvalue weighted by Crippen LogP contribution is -2.16. The van der Waals surface area contributed by atoms with Crippen molar-refractivity contribution in [2.24, 2.45) is 5.73 Å². The molecule has 0 radical (unpaired) electrons. The Bertz CT molecular complexity index is 1850. The van der Waals surface area contributed by atoms with E-state index in [0.29, 0.717) is 22.3 Å². The number of hydrogen-bond acceptors (Lipinski definition) is 6. The Morgan fingerprint density at radius 1 is 0.886 bits per heavy atom. The third-order valence-electron chi connectivity index (χ3n) is 5.48. The summed E-state index contributed by atoms with van der Waals surface area (Å²) in [5.41, 5.74) is 6.93. The summed E-state index contributed by atoms with van der Waals surface area (Å²) >= 11 is 1.53. The number of aromatic nitrogens is 1. The van der Waals surface area contributed by atoms with Crippen LogP contribution in [-0.2, 0) is 19.9 Å². The van der Waals surface area contributed by atoms with Crippen LogP contribution >= 0.6 is 11.3 Å². The van der Waals surface area contributed by atoms with Gasteiger partial charge in [-0.05, 0) is 71.4 Å². The molecule has 0 bridgehead atoms. The number of benzene rings is 3. The molecule has 0 aliphatic rings. The van der Waals surface area contributed by atoms with Crippen LogP contribution in [0.2, 0.25) is 0 Å². The summed E-state index contributed by atoms with van der Waals surface area (Å²) in [6, 6.07) is 19.4. The number of anilines is 1. The van der Waals surface area contributed by atoms with E-state index in [2.05, 4.69) is 4.72 Å². The van der Waals surface area contributed by atoms with Crippen molar-refractivity contribution in [3.63, 3.8) is 0 Å². The van der Waals surface area contributed by atoms with E-state index in [-0.39, 0.29) is 15.5 Å². The molecule has 2 aromatic heterocycles. The van der Waals surface area contributed by atoms with Crippen LogP contribution in [0.3, 0.4) is 0 Å². The van der Waals surface area contributed by atoms with Crippen LogP contribution in [0.4, 0.5) is 5.69 Å². The maximum Gasteiger partial charge on any atom is 0.265 e. The molecule has 0 spiro atoms. The fourth-order valence-electron chi connectivity index (χ4n) is 3.98. The minimum Gasteiger partial charge on any atom is -0.364 e. The Morgan fingerprint density at radius 3 is 2.40 bits per heavy atom. The molecule has 8 nitrogen and oxygen atoms in total. The summed E-state index contributed by atoms with van der Waals surface area (Å²) in [6.07, 6.45) is 1.03. The van der Waals surface area contributed by atoms with Gasteiger partial charge in [-0.3, -0.25) is 9.52 Å². The molecule has 0 fully saturated rings. The number of fused-ring (bicyclic) bond motifs is 2. The molecule has 3 aromatic carbocycles. The Morgan fingerprint density at radius 2 is 1.66 bits per heavy atom. The van der Waals surface area contributed by atoms with Crippen LogP contribution < -0.4 is 10.5 Å². The fraction of sp³-hybridized carbons (Fsp3) is 0.0417. The van der Waals surface area contributed by atoms with Crippen molar-refractivity contribution in [2.45, 2.75) is 9.79 Å². The van der Waals surface area contributed by atoms with E-state index in [9.17, 15) is 21.6 Å². The average Bonchev–Trinajstić information content (AvgIpc) is 3.42. The van der Waals surface area contributed by atoms with E-state index >= 15 is 0 Å². The van der Waals surface area contributed by atoms with Gasteiger partial charge in [0.15, 0.2) is 0 Å². The molecule has 3 N–H and O–H groups in total. The van der Waals surface area contributed by atoms with E-state index in [1.807, 2.05) is 11.4 Å². The predicted octanol–water partition coefficient (Wildman–Crippen LogP) is 4.15. The third-order valence-corrected chi connectivity index (χ3v) is 8.73. The largest absolute Gasteiger partial charge is 0.364 e. The van der Waals surface area contributed by atoms with Crippen molar-refractivity contribution in [1.29, 1.82) is 0 Å². The number of thiophene rings is 1. The lowest BCUT2D eigenvalue weighted by atomic mass is 10.2. The molecular weight excluding hydrogens is 506 g/mol. The number of nitrogens with one attached hydrogen (secondary N) is 1. The minimum atomic E-state index is -3.86. The van der Waals surface area contributed by atoms with Gasteiger partial charge >= 0.3 is 0 Å². The van der Waals surface area contributed by atoms with Crippen molar-refractivity contribution in [3.05, 3.63) is 83.9 Å². The lowest BCUT2D eigenvalue weighted by Gasteiger charge is -2.12. The third kappa shape index (κ3) is 4.29. The fourth-order valence-corrected chi connectivity index (χ4v) is 6.64. The van der Waals surface area contributed by atoms with Gasteiger partial charge in [-0.25, -0.2) is 16.8 Å². The van der Waals surface area contributed by atoms with Crippen LogP contribution in [0.25, 0.3) is 26.7 Å². The highest BCUT2D eigenvalue weighted by Gasteiger charge is 2.21. The summed E-state index contributed by atoms with van der Waals surface area (Å²) in [7, 11) is -7.39. The normalized spacial score (nSPS) is 12.3. The highest BCUT2D eigenvalue weighted by atomic mass is 32.2. The smallest absolute Gasteiger partial charge is 0.265 e. The molecule has 0 saturated carbocycles. The summed E-state index contributed by atoms with van der Waals surface area (Å²) in [4.78, 5) is 12.5. The second-order valence-corrected chi connectivity index (χ2v) is 12.6. The SMILES string of the molecule is CS(=O)(=O)Nc1ccc2cc(C(N)=O)n(-c3cccc(S(=O)(=O)c4ccc5sccc5c4)c3)c2c1. The van der Waals surface area contributed by atoms with Crippen LogP contribution in [0.5, 0.6) is 0 Å². The molecular formula is C24H19N3O5S3. The van der Waals surface area contributed by atoms with Gasteiger partial charge in [-0.15, -0.1) is 11.3 Å². The van der Waals surface area contributed by atoms with Gasteiger partial charge in [-0.2, -0.15) is 0 Å². The zero-order valence-corrected chi connectivity index (χ0v) is 20.7. The number of nitrogens with two attached hydrogens (primary N) is 1. The number of primary amides is 1. The van der Waals surface area contributed by atoms with Crippen LogP contribution in [0.15, 0.2) is 88.0 Å². The van der Waals surface area contributed by atoms with E-state index in [1.54, 1.807) is 54.6 Å². The molecule has 5 aromatic rings. The maximum atomic E-state index is 13.4. The zero-order chi connectivity index (χ0) is 25.0. The van der Waals surface area contributed by atoms with E-state index in [0.717, 1.165) is 16.3 Å². The number of nitrogens with zero attached hydrogens (tertiary/aromatic N) is 1. The molecule has 0 aliphatic heterocycles. The summed E-state index contributed by atoms with van der Waals surface area (Å²) in [5.74, 6) is -0.713. The number of sulfonamides is 1. The van der Waals surface area contributed by atoms with Crippen molar-refractivity contribution in [1.82, 2.24) is 4.57 Å². The molecule has 0 saturated heterocycles. The number of sulfone groups is 1. The van der Waals surface area contributed by atoms with E-state index in [1.165, 1.54) is 28.0 Å². The van der Waals surface area contributed by atoms with Gasteiger partial charge in [0.1, 0.15) is 5.69 Å². The first-order valence-electron chi connectivity index (χ1n) is 10.3. The molecule has 1 amide bonds. The standard InChI is InChI=1S/C24H19N3O5S3/c1-34(29,30)26-17-6-5-15-12-22(24(25)28)27(21(15)13-17)18-3-2-4-19(14-18)35(31,32)20-7-8-23-16(11-20)9-10-33-23/h2-14,26H,1H3,(H2,25,28). The number of amides is 1. The van der Waals surface area contributed by atoms with Gasteiger partial charge < -0.3 is 10.3 Å². The molecule has 0 aliphatic carbocycles. The Kier molecular flexibility index (Phi) is 5.42. The Labute approximate surface area is 205 Å². The lowest BCUT2D eigenvalue weighted by molar-refractivity contribution is 0.0994. The van der Waals surface area contributed by atoms with Gasteiger partial charge in [0.2, 0.25) is 19.9 Å². The van der Waals surface area contributed by atoms with Gasteiger partial charge in [0.05, 0.1) is 27.3 Å². The van der Waals surface area contributed by atoms with Crippen LogP contribution in [0.1, 0.15) is 10.5 Å². The van der Waals surface area contributed by atoms with Crippen molar-refractivity contribution in [2.75, 3.05) is 11.0 Å². The van der Waals surface area contributed by atoms with Crippen LogP contribution in [-0.4, -0.2) is 33.6 Å². The van der Waals surface area contributed by atoms with Gasteiger partial charge in [0.25, 0.3) is 5.91 Å². The Hall–Kier alpha value is -3.67. The molecule has 35 heavy (non-hydrogen) atoms. The van der Waals surface area contributed by atoms with Crippen molar-refractivity contribution in [3.8, 4) is 5.69 Å². The summed E-state index contributed by atoms with van der Waals surface area (Å²) in [6.45, 7) is 0. The topological polar surface area (TPSA) is 128 Å². The quantitative estimate of drug-likeness (QED) is 0.344. The second-order valence-electron chi connectivity index (χ2n) is 8.00. The number of rotatable bonds is 6. The zero-order valence-electron chi connectivity index (χ0n) is 18.3. The van der Waals surface area contributed by atoms with Crippen molar-refractivity contribution >= 4 is 63.8 Å². The molecule has 5 rings (SSSR count). The predicted molar refractivity (Wildman–Crippen MR) is 138 cm³/mol. The summed E-state index contributed by atoms with van der Waals surface area (Å²) < 4.78 is 55.2. The summed E-state index contributed by atoms with van der Waals surface area (Å²) in [5, 5.41) is 3.37. The van der Waals surface area contributed by atoms with Crippen molar-refractivity contribution < 1.29 is 21.6 Å². The van der Waals surface area contributed by atoms with Gasteiger partial charge in [-0.1, -0.05) is 12.1 Å². The van der Waals surface area contributed by atoms with Crippen LogP contribution in [0, 0.1) is 0 Å². The molecule has 2 heterocycles. The first-order chi connectivity index (χ1) is 16.5. The molecule has 178 valence electrons. The molecule has 0 unspecified atom stereocenters. The van der Waals surface area contributed by atoms with E-state index in [4.69, 9.17) is 5.73 Å². The second kappa shape index (κ2) is 8.22. The molecule has 0 atom stereocenters.